The molecule has 0 radical (unpaired) electrons. The van der Waals surface area contributed by atoms with Crippen molar-refractivity contribution in [2.24, 2.45) is 5.92 Å². The van der Waals surface area contributed by atoms with Gasteiger partial charge in [0.1, 0.15) is 17.1 Å². The molecule has 30 heavy (non-hydrogen) atoms. The van der Waals surface area contributed by atoms with Crippen molar-refractivity contribution in [3.63, 3.8) is 0 Å². The van der Waals surface area contributed by atoms with Crippen LogP contribution in [0, 0.1) is 5.92 Å². The maximum atomic E-state index is 11.2. The highest BCUT2D eigenvalue weighted by atomic mass is 16.5. The summed E-state index contributed by atoms with van der Waals surface area (Å²) in [6.45, 7) is 10.9. The zero-order valence-corrected chi connectivity index (χ0v) is 19.3. The smallest absolute Gasteiger partial charge is 0.307 e. The molecule has 0 saturated heterocycles. The van der Waals surface area contributed by atoms with E-state index in [1.165, 1.54) is 25.7 Å². The zero-order valence-electron chi connectivity index (χ0n) is 19.3. The predicted molar refractivity (Wildman–Crippen MR) is 120 cm³/mol. The van der Waals surface area contributed by atoms with Crippen LogP contribution in [0.15, 0.2) is 23.8 Å². The minimum absolute atomic E-state index is 0.00596. The molecule has 1 aromatic carbocycles. The molecule has 0 unspecified atom stereocenters. The minimum atomic E-state index is -0.796. The van der Waals surface area contributed by atoms with E-state index in [9.17, 15) is 15.0 Å². The molecule has 2 atom stereocenters. The number of phenolic OH excluding ortho intramolecular Hbond substituents is 1. The molecular weight excluding hydrogens is 376 g/mol. The van der Waals surface area contributed by atoms with Gasteiger partial charge in [0.15, 0.2) is 0 Å². The summed E-state index contributed by atoms with van der Waals surface area (Å²) >= 11 is 0. The molecule has 2 N–H and O–H groups in total. The van der Waals surface area contributed by atoms with E-state index in [1.54, 1.807) is 0 Å². The highest BCUT2D eigenvalue weighted by Gasteiger charge is 2.46. The molecule has 4 nitrogen and oxygen atoms in total. The molecule has 0 spiro atoms. The van der Waals surface area contributed by atoms with Crippen molar-refractivity contribution in [1.82, 2.24) is 0 Å². The van der Waals surface area contributed by atoms with Gasteiger partial charge in [-0.05, 0) is 56.2 Å². The summed E-state index contributed by atoms with van der Waals surface area (Å²) in [5.41, 5.74) is 2.48. The maximum absolute atomic E-state index is 11.2. The van der Waals surface area contributed by atoms with Crippen molar-refractivity contribution in [1.29, 1.82) is 0 Å². The Kier molecular flexibility index (Phi) is 6.54. The lowest BCUT2D eigenvalue weighted by Crippen LogP contribution is -2.45. The number of aliphatic carboxylic acids is 1. The Labute approximate surface area is 181 Å². The summed E-state index contributed by atoms with van der Waals surface area (Å²) in [4.78, 5) is 11.2. The van der Waals surface area contributed by atoms with Gasteiger partial charge in [0, 0.05) is 17.4 Å². The van der Waals surface area contributed by atoms with Gasteiger partial charge >= 0.3 is 5.97 Å². The lowest BCUT2D eigenvalue weighted by molar-refractivity contribution is -0.136. The molecule has 1 aliphatic carbocycles. The fourth-order valence-electron chi connectivity index (χ4n) is 5.30. The van der Waals surface area contributed by atoms with Crippen molar-refractivity contribution in [3.05, 3.63) is 34.9 Å². The number of phenols is 1. The molecule has 0 aromatic heterocycles. The van der Waals surface area contributed by atoms with E-state index in [0.29, 0.717) is 0 Å². The monoisotopic (exact) mass is 414 g/mol. The van der Waals surface area contributed by atoms with Gasteiger partial charge in [0.2, 0.25) is 0 Å². The van der Waals surface area contributed by atoms with Crippen LogP contribution in [0.2, 0.25) is 0 Å². The van der Waals surface area contributed by atoms with Crippen LogP contribution >= 0.6 is 0 Å². The number of unbranched alkanes of at least 4 members (excludes halogenated alkanes) is 3. The topological polar surface area (TPSA) is 66.8 Å². The van der Waals surface area contributed by atoms with E-state index < -0.39 is 5.97 Å². The van der Waals surface area contributed by atoms with Gasteiger partial charge in [0.05, 0.1) is 6.42 Å². The van der Waals surface area contributed by atoms with Gasteiger partial charge in [-0.3, -0.25) is 4.79 Å². The highest BCUT2D eigenvalue weighted by molar-refractivity contribution is 5.70. The number of benzene rings is 1. The number of allylic oxidation sites excluding steroid dienone is 1. The van der Waals surface area contributed by atoms with Crippen LogP contribution in [0.5, 0.6) is 11.5 Å². The Morgan fingerprint density at radius 3 is 2.63 bits per heavy atom. The standard InChI is InChI=1S/C26H38O4/c1-6-7-8-9-12-25(2,3)18-15-21(27)24-19-13-17(14-23(28)29)10-11-20(19)26(4,5)30-22(24)16-18/h13,15-16,19-20,27H,6-12,14H2,1-5H3,(H,28,29)/t19-,20-/m1/s1. The number of ether oxygens (including phenoxy) is 1. The second-order valence-corrected chi connectivity index (χ2v) is 10.4. The summed E-state index contributed by atoms with van der Waals surface area (Å²) in [5, 5.41) is 20.3. The fourth-order valence-corrected chi connectivity index (χ4v) is 5.30. The molecule has 2 aliphatic rings. The van der Waals surface area contributed by atoms with Crippen molar-refractivity contribution < 1.29 is 19.7 Å². The zero-order chi connectivity index (χ0) is 22.1. The molecule has 0 bridgehead atoms. The molecule has 1 aliphatic heterocycles. The van der Waals surface area contributed by atoms with Gasteiger partial charge in [-0.25, -0.2) is 0 Å². The van der Waals surface area contributed by atoms with E-state index in [0.717, 1.165) is 41.7 Å². The first kappa shape index (κ1) is 22.7. The van der Waals surface area contributed by atoms with Crippen LogP contribution in [0.3, 0.4) is 0 Å². The van der Waals surface area contributed by atoms with Crippen LogP contribution in [-0.2, 0) is 10.2 Å². The van der Waals surface area contributed by atoms with E-state index >= 15 is 0 Å². The molecule has 4 heteroatoms. The molecule has 0 fully saturated rings. The summed E-state index contributed by atoms with van der Waals surface area (Å²) < 4.78 is 6.46. The van der Waals surface area contributed by atoms with Gasteiger partial charge in [-0.2, -0.15) is 0 Å². The number of hydrogen-bond acceptors (Lipinski definition) is 3. The lowest BCUT2D eigenvalue weighted by Gasteiger charge is -2.47. The maximum Gasteiger partial charge on any atom is 0.307 e. The molecule has 0 saturated carbocycles. The third-order valence-electron chi connectivity index (χ3n) is 7.16. The first-order valence-corrected chi connectivity index (χ1v) is 11.5. The Bertz CT molecular complexity index is 819. The van der Waals surface area contributed by atoms with Gasteiger partial charge in [-0.15, -0.1) is 0 Å². The van der Waals surface area contributed by atoms with E-state index in [1.807, 2.05) is 6.07 Å². The molecule has 1 heterocycles. The number of hydrogen-bond donors (Lipinski definition) is 2. The summed E-state index contributed by atoms with van der Waals surface area (Å²) in [6, 6.07) is 4.03. The number of carboxylic acids is 1. The van der Waals surface area contributed by atoms with Gasteiger partial charge in [-0.1, -0.05) is 58.1 Å². The Morgan fingerprint density at radius 1 is 1.23 bits per heavy atom. The summed E-state index contributed by atoms with van der Waals surface area (Å²) in [6.07, 6.45) is 9.78. The third-order valence-corrected chi connectivity index (χ3v) is 7.16. The Morgan fingerprint density at radius 2 is 1.97 bits per heavy atom. The first-order chi connectivity index (χ1) is 14.0. The molecule has 3 rings (SSSR count). The van der Waals surface area contributed by atoms with Crippen molar-refractivity contribution in [2.45, 2.75) is 103 Å². The minimum Gasteiger partial charge on any atom is -0.507 e. The molecule has 0 amide bonds. The van der Waals surface area contributed by atoms with E-state index in [4.69, 9.17) is 4.74 Å². The number of aromatic hydroxyl groups is 1. The van der Waals surface area contributed by atoms with E-state index in [2.05, 4.69) is 46.8 Å². The van der Waals surface area contributed by atoms with Crippen LogP contribution < -0.4 is 4.74 Å². The van der Waals surface area contributed by atoms with Gasteiger partial charge < -0.3 is 14.9 Å². The SMILES string of the molecule is CCCCCCC(C)(C)c1cc(O)c2c(c1)OC(C)(C)[C@@H]1CCC(CC(=O)O)=C[C@@H]21. The third kappa shape index (κ3) is 4.68. The van der Waals surface area contributed by atoms with Crippen LogP contribution in [0.25, 0.3) is 0 Å². The average Bonchev–Trinajstić information content (AvgIpc) is 2.63. The summed E-state index contributed by atoms with van der Waals surface area (Å²) in [5.74, 6) is 0.457. The van der Waals surface area contributed by atoms with Crippen molar-refractivity contribution in [3.8, 4) is 11.5 Å². The van der Waals surface area contributed by atoms with Crippen molar-refractivity contribution in [2.75, 3.05) is 0 Å². The number of carboxylic acid groups (broad SMARTS) is 1. The van der Waals surface area contributed by atoms with Crippen LogP contribution in [0.4, 0.5) is 0 Å². The fraction of sp³-hybridized carbons (Fsp3) is 0.654. The second kappa shape index (κ2) is 8.64. The lowest BCUT2D eigenvalue weighted by atomic mass is 9.67. The normalized spacial score (nSPS) is 22.5. The van der Waals surface area contributed by atoms with Crippen LogP contribution in [0.1, 0.15) is 103 Å². The number of carbonyl (C=O) groups is 1. The molecule has 166 valence electrons. The molecular formula is C26H38O4. The summed E-state index contributed by atoms with van der Waals surface area (Å²) in [7, 11) is 0. The largest absolute Gasteiger partial charge is 0.507 e. The average molecular weight is 415 g/mol. The van der Waals surface area contributed by atoms with Crippen molar-refractivity contribution >= 4 is 5.97 Å². The number of rotatable bonds is 8. The number of fused-ring (bicyclic) bond motifs is 3. The van der Waals surface area contributed by atoms with E-state index in [-0.39, 0.29) is 35.0 Å². The molecule has 1 aromatic rings. The Hall–Kier alpha value is -1.97. The highest BCUT2D eigenvalue weighted by Crippen LogP contribution is 2.54. The first-order valence-electron chi connectivity index (χ1n) is 11.5. The van der Waals surface area contributed by atoms with Gasteiger partial charge in [0.25, 0.3) is 0 Å². The van der Waals surface area contributed by atoms with Crippen LogP contribution in [-0.4, -0.2) is 21.8 Å². The quantitative estimate of drug-likeness (QED) is 0.367. The predicted octanol–water partition coefficient (Wildman–Crippen LogP) is 6.71. The second-order valence-electron chi connectivity index (χ2n) is 10.4. The Balaban J connectivity index is 1.96.